The summed E-state index contributed by atoms with van der Waals surface area (Å²) in [6.45, 7) is 0.0841. The molecule has 7 rings (SSSR count). The zero-order valence-electron chi connectivity index (χ0n) is 31.4. The lowest BCUT2D eigenvalue weighted by Gasteiger charge is -2.48. The fraction of sp³-hybridized carbons (Fsp3) is 0.458. The molecule has 0 amide bonds. The Kier molecular flexibility index (Phi) is 11.9. The van der Waals surface area contributed by atoms with Crippen molar-refractivity contribution < 1.29 is 30.0 Å². The van der Waals surface area contributed by atoms with Crippen LogP contribution in [0.25, 0.3) is 11.8 Å². The SMILES string of the molecule is O=CC(CCCCCC1CC=CCC(C(=O)O)C2(CCC3C=c4ccccc4=C(O)C3C2)c2cccc(c2)CC1c1ccc(O)cc1)C1C=C(CO)CC1. The monoisotopic (exact) mass is 728 g/mol. The Morgan fingerprint density at radius 2 is 1.70 bits per heavy atom. The van der Waals surface area contributed by atoms with E-state index in [4.69, 9.17) is 0 Å². The highest BCUT2D eigenvalue weighted by Gasteiger charge is 2.50. The van der Waals surface area contributed by atoms with E-state index in [0.717, 1.165) is 98.5 Å². The van der Waals surface area contributed by atoms with Gasteiger partial charge in [0.05, 0.1) is 12.5 Å². The number of carbonyl (C=O) groups is 2. The van der Waals surface area contributed by atoms with Gasteiger partial charge in [-0.1, -0.05) is 104 Å². The van der Waals surface area contributed by atoms with E-state index >= 15 is 0 Å². The standard InChI is InChI=1S/C48H56O6/c49-30-33-17-18-36(25-33)39(31-50)13-3-1-2-10-34-11-5-7-16-45(47(53)54)48(24-23-38-28-37-12-4-6-15-42(37)46(52)44(38)29-48)40-14-8-9-32(26-40)27-43(34)35-19-21-41(51)22-20-35/h4-9,12,14-15,19-22,25-26,28,31,34,36,38-39,43-45,49,51-52H,1-3,10-11,13,16-18,23-24,27,29-30H2,(H,53,54). The molecule has 3 aromatic carbocycles. The van der Waals surface area contributed by atoms with E-state index in [9.17, 15) is 30.0 Å². The van der Waals surface area contributed by atoms with Gasteiger partial charge in [-0.15, -0.1) is 0 Å². The van der Waals surface area contributed by atoms with Gasteiger partial charge in [0.25, 0.3) is 0 Å². The molecule has 0 saturated heterocycles. The average Bonchev–Trinajstić information content (AvgIpc) is 3.67. The Labute approximate surface area is 319 Å². The van der Waals surface area contributed by atoms with Crippen LogP contribution in [-0.2, 0) is 21.4 Å². The number of carboxylic acids is 1. The maximum Gasteiger partial charge on any atom is 0.307 e. The van der Waals surface area contributed by atoms with Gasteiger partial charge in [-0.25, -0.2) is 0 Å². The first kappa shape index (κ1) is 37.9. The first-order valence-electron chi connectivity index (χ1n) is 20.3. The molecule has 0 aliphatic heterocycles. The molecular formula is C48H56O6. The second-order valence-electron chi connectivity index (χ2n) is 16.6. The van der Waals surface area contributed by atoms with Crippen LogP contribution < -0.4 is 10.4 Å². The average molecular weight is 729 g/mol. The molecule has 1 fully saturated rings. The summed E-state index contributed by atoms with van der Waals surface area (Å²) < 4.78 is 0. The molecule has 8 unspecified atom stereocenters. The number of hydrogen-bond donors (Lipinski definition) is 4. The van der Waals surface area contributed by atoms with Gasteiger partial charge in [-0.2, -0.15) is 0 Å². The van der Waals surface area contributed by atoms with Crippen molar-refractivity contribution in [3.8, 4) is 5.75 Å². The van der Waals surface area contributed by atoms with Crippen LogP contribution in [0.5, 0.6) is 5.75 Å². The van der Waals surface area contributed by atoms with E-state index in [1.807, 2.05) is 18.2 Å². The van der Waals surface area contributed by atoms with E-state index in [-0.39, 0.29) is 41.9 Å². The summed E-state index contributed by atoms with van der Waals surface area (Å²) >= 11 is 0. The van der Waals surface area contributed by atoms with Crippen LogP contribution >= 0.6 is 0 Å². The normalized spacial score (nSPS) is 28.5. The molecule has 0 aromatic heterocycles. The number of rotatable bonds is 11. The summed E-state index contributed by atoms with van der Waals surface area (Å²) in [4.78, 5) is 25.3. The van der Waals surface area contributed by atoms with Crippen LogP contribution in [0, 0.1) is 35.5 Å². The van der Waals surface area contributed by atoms with E-state index < -0.39 is 17.3 Å². The number of aldehydes is 1. The first-order valence-corrected chi connectivity index (χ1v) is 20.3. The number of carbonyl (C=O) groups excluding carboxylic acids is 1. The van der Waals surface area contributed by atoms with Crippen LogP contribution in [0.4, 0.5) is 0 Å². The molecule has 1 saturated carbocycles. The lowest BCUT2D eigenvalue weighted by atomic mass is 9.55. The van der Waals surface area contributed by atoms with Crippen molar-refractivity contribution in [3.05, 3.63) is 124 Å². The summed E-state index contributed by atoms with van der Waals surface area (Å²) in [5, 5.41) is 44.3. The molecule has 0 radical (unpaired) electrons. The predicted molar refractivity (Wildman–Crippen MR) is 213 cm³/mol. The van der Waals surface area contributed by atoms with Crippen LogP contribution in [0.3, 0.4) is 0 Å². The molecule has 54 heavy (non-hydrogen) atoms. The van der Waals surface area contributed by atoms with Crippen molar-refractivity contribution in [1.29, 1.82) is 0 Å². The molecule has 2 bridgehead atoms. The lowest BCUT2D eigenvalue weighted by molar-refractivity contribution is -0.145. The second kappa shape index (κ2) is 16.9. The number of aliphatic carboxylic acids is 1. The molecule has 6 nitrogen and oxygen atoms in total. The summed E-state index contributed by atoms with van der Waals surface area (Å²) in [5.41, 5.74) is 3.84. The number of unbranched alkanes of at least 4 members (excludes halogenated alkanes) is 2. The lowest BCUT2D eigenvalue weighted by Crippen LogP contribution is -2.48. The van der Waals surface area contributed by atoms with Gasteiger partial charge in [0.2, 0.25) is 0 Å². The molecule has 0 heterocycles. The van der Waals surface area contributed by atoms with Gasteiger partial charge in [-0.3, -0.25) is 4.79 Å². The number of carboxylic acid groups (broad SMARTS) is 1. The molecule has 1 spiro atoms. The van der Waals surface area contributed by atoms with Crippen LogP contribution in [0.2, 0.25) is 0 Å². The van der Waals surface area contributed by atoms with Crippen LogP contribution in [-0.4, -0.2) is 39.3 Å². The molecule has 4 aliphatic carbocycles. The largest absolute Gasteiger partial charge is 0.511 e. The zero-order chi connectivity index (χ0) is 37.7. The fourth-order valence-corrected chi connectivity index (χ4v) is 10.6. The van der Waals surface area contributed by atoms with Crippen molar-refractivity contribution in [2.75, 3.05) is 6.61 Å². The zero-order valence-corrected chi connectivity index (χ0v) is 31.4. The van der Waals surface area contributed by atoms with Crippen molar-refractivity contribution in [2.45, 2.75) is 94.8 Å². The Balaban J connectivity index is 1.16. The third-order valence-electron chi connectivity index (χ3n) is 13.6. The summed E-state index contributed by atoms with van der Waals surface area (Å²) in [6.07, 6.45) is 20.8. The van der Waals surface area contributed by atoms with Gasteiger partial charge in [0.1, 0.15) is 17.8 Å². The van der Waals surface area contributed by atoms with Crippen molar-refractivity contribution >= 4 is 24.1 Å². The number of phenolic OH excluding ortho intramolecular Hbond substituents is 1. The Morgan fingerprint density at radius 1 is 0.889 bits per heavy atom. The smallest absolute Gasteiger partial charge is 0.307 e. The summed E-state index contributed by atoms with van der Waals surface area (Å²) in [7, 11) is 0. The van der Waals surface area contributed by atoms with E-state index in [1.165, 1.54) is 11.1 Å². The summed E-state index contributed by atoms with van der Waals surface area (Å²) in [6, 6.07) is 24.3. The maximum absolute atomic E-state index is 13.3. The van der Waals surface area contributed by atoms with Crippen molar-refractivity contribution in [2.24, 2.45) is 35.5 Å². The molecule has 8 atom stereocenters. The molecule has 3 aromatic rings. The van der Waals surface area contributed by atoms with Gasteiger partial charge in [-0.05, 0) is 127 Å². The number of aliphatic hydroxyl groups excluding tert-OH is 2. The number of benzene rings is 3. The van der Waals surface area contributed by atoms with Crippen molar-refractivity contribution in [3.63, 3.8) is 0 Å². The predicted octanol–water partition coefficient (Wildman–Crippen LogP) is 8.29. The van der Waals surface area contributed by atoms with E-state index in [1.54, 1.807) is 12.1 Å². The number of aromatic hydroxyl groups is 1. The van der Waals surface area contributed by atoms with Gasteiger partial charge < -0.3 is 25.2 Å². The minimum atomic E-state index is -0.784. The minimum absolute atomic E-state index is 0.00443. The molecule has 284 valence electrons. The Hall–Kier alpha value is -4.42. The van der Waals surface area contributed by atoms with Gasteiger partial charge >= 0.3 is 5.97 Å². The Bertz CT molecular complexity index is 1980. The molecular weight excluding hydrogens is 673 g/mol. The number of allylic oxidation sites excluding steroid dienone is 3. The topological polar surface area (TPSA) is 115 Å². The molecule has 4 N–H and O–H groups in total. The Morgan fingerprint density at radius 3 is 2.48 bits per heavy atom. The highest BCUT2D eigenvalue weighted by atomic mass is 16.4. The first-order chi connectivity index (χ1) is 26.3. The number of aliphatic hydroxyl groups is 2. The number of hydrogen-bond acceptors (Lipinski definition) is 5. The van der Waals surface area contributed by atoms with E-state index in [0.29, 0.717) is 24.5 Å². The molecule has 4 aliphatic rings. The van der Waals surface area contributed by atoms with Gasteiger partial charge in [0.15, 0.2) is 0 Å². The minimum Gasteiger partial charge on any atom is -0.511 e. The third-order valence-corrected chi connectivity index (χ3v) is 13.6. The maximum atomic E-state index is 13.3. The van der Waals surface area contributed by atoms with Crippen LogP contribution in [0.15, 0.2) is 96.6 Å². The van der Waals surface area contributed by atoms with Crippen LogP contribution in [0.1, 0.15) is 99.7 Å². The summed E-state index contributed by atoms with van der Waals surface area (Å²) in [5.74, 6) is -0.00836. The second-order valence-corrected chi connectivity index (χ2v) is 16.6. The van der Waals surface area contributed by atoms with Gasteiger partial charge in [0, 0.05) is 22.5 Å². The third kappa shape index (κ3) is 8.00. The van der Waals surface area contributed by atoms with Crippen molar-refractivity contribution in [1.82, 2.24) is 0 Å². The van der Waals surface area contributed by atoms with E-state index in [2.05, 4.69) is 66.8 Å². The highest BCUT2D eigenvalue weighted by Crippen LogP contribution is 2.53. The number of fused-ring (bicyclic) bond motifs is 5. The fourth-order valence-electron chi connectivity index (χ4n) is 10.6. The molecule has 6 heteroatoms. The quantitative estimate of drug-likeness (QED) is 0.0898. The highest BCUT2D eigenvalue weighted by molar-refractivity contribution is 5.73. The number of phenols is 1.